The highest BCUT2D eigenvalue weighted by atomic mass is 16.5. The van der Waals surface area contributed by atoms with Crippen LogP contribution in [0.5, 0.6) is 11.5 Å². The largest absolute Gasteiger partial charge is 0.508 e. The molecule has 0 fully saturated rings. The molecule has 18 heavy (non-hydrogen) atoms. The Hall–Kier alpha value is -1.94. The Balaban J connectivity index is 1.87. The van der Waals surface area contributed by atoms with E-state index in [1.807, 2.05) is 12.1 Å². The van der Waals surface area contributed by atoms with Gasteiger partial charge in [0.2, 0.25) is 0 Å². The van der Waals surface area contributed by atoms with Crippen LogP contribution in [0.25, 0.3) is 0 Å². The highest BCUT2D eigenvalue weighted by Gasteiger charge is 2.11. The van der Waals surface area contributed by atoms with Gasteiger partial charge in [0.25, 0.3) is 0 Å². The SMILES string of the molecule is NCC(COc1cccc(O)c1)Cc1ccco1. The van der Waals surface area contributed by atoms with Gasteiger partial charge in [0.15, 0.2) is 0 Å². The highest BCUT2D eigenvalue weighted by molar-refractivity contribution is 5.31. The topological polar surface area (TPSA) is 68.6 Å². The van der Waals surface area contributed by atoms with E-state index in [4.69, 9.17) is 14.9 Å². The predicted octanol–water partition coefficient (Wildman–Crippen LogP) is 2.18. The third-order valence-corrected chi connectivity index (χ3v) is 2.71. The van der Waals surface area contributed by atoms with Crippen molar-refractivity contribution >= 4 is 0 Å². The van der Waals surface area contributed by atoms with E-state index in [-0.39, 0.29) is 11.7 Å². The summed E-state index contributed by atoms with van der Waals surface area (Å²) in [5.41, 5.74) is 5.71. The van der Waals surface area contributed by atoms with Crippen molar-refractivity contribution in [2.75, 3.05) is 13.2 Å². The molecule has 1 heterocycles. The van der Waals surface area contributed by atoms with Gasteiger partial charge in [-0.25, -0.2) is 0 Å². The van der Waals surface area contributed by atoms with Gasteiger partial charge in [-0.15, -0.1) is 0 Å². The second kappa shape index (κ2) is 6.12. The summed E-state index contributed by atoms with van der Waals surface area (Å²) in [6.45, 7) is 1.03. The van der Waals surface area contributed by atoms with Gasteiger partial charge >= 0.3 is 0 Å². The normalized spacial score (nSPS) is 12.3. The summed E-state index contributed by atoms with van der Waals surface area (Å²) in [6.07, 6.45) is 2.40. The molecule has 1 atom stereocenters. The summed E-state index contributed by atoms with van der Waals surface area (Å²) in [5, 5.41) is 9.32. The van der Waals surface area contributed by atoms with Crippen LogP contribution in [0.2, 0.25) is 0 Å². The van der Waals surface area contributed by atoms with Crippen molar-refractivity contribution in [2.45, 2.75) is 6.42 Å². The molecule has 0 aliphatic rings. The van der Waals surface area contributed by atoms with E-state index in [2.05, 4.69) is 0 Å². The first-order valence-corrected chi connectivity index (χ1v) is 5.92. The highest BCUT2D eigenvalue weighted by Crippen LogP contribution is 2.19. The first kappa shape index (κ1) is 12.5. The predicted molar refractivity (Wildman–Crippen MR) is 68.6 cm³/mol. The Kier molecular flexibility index (Phi) is 4.25. The van der Waals surface area contributed by atoms with E-state index in [1.165, 1.54) is 0 Å². The summed E-state index contributed by atoms with van der Waals surface area (Å²) in [5.74, 6) is 1.94. The molecule has 0 bridgehead atoms. The maximum atomic E-state index is 9.32. The van der Waals surface area contributed by atoms with E-state index in [1.54, 1.807) is 30.5 Å². The van der Waals surface area contributed by atoms with E-state index in [0.29, 0.717) is 18.9 Å². The van der Waals surface area contributed by atoms with Crippen molar-refractivity contribution in [1.29, 1.82) is 0 Å². The van der Waals surface area contributed by atoms with Crippen molar-refractivity contribution in [3.63, 3.8) is 0 Å². The second-order valence-electron chi connectivity index (χ2n) is 4.19. The monoisotopic (exact) mass is 247 g/mol. The second-order valence-corrected chi connectivity index (χ2v) is 4.19. The molecule has 4 heteroatoms. The number of ether oxygens (including phenoxy) is 1. The maximum Gasteiger partial charge on any atom is 0.122 e. The van der Waals surface area contributed by atoms with Crippen LogP contribution in [0.1, 0.15) is 5.76 Å². The quantitative estimate of drug-likeness (QED) is 0.821. The fourth-order valence-corrected chi connectivity index (χ4v) is 1.71. The molecule has 2 aromatic rings. The number of hydrogen-bond donors (Lipinski definition) is 2. The van der Waals surface area contributed by atoms with Crippen LogP contribution in [-0.4, -0.2) is 18.3 Å². The number of hydrogen-bond acceptors (Lipinski definition) is 4. The van der Waals surface area contributed by atoms with Crippen LogP contribution in [-0.2, 0) is 6.42 Å². The van der Waals surface area contributed by atoms with Crippen LogP contribution in [0.3, 0.4) is 0 Å². The summed E-state index contributed by atoms with van der Waals surface area (Å²) in [6, 6.07) is 10.5. The minimum Gasteiger partial charge on any atom is -0.508 e. The van der Waals surface area contributed by atoms with Gasteiger partial charge in [-0.05, 0) is 30.8 Å². The molecule has 0 radical (unpaired) electrons. The zero-order chi connectivity index (χ0) is 12.8. The molecule has 0 saturated carbocycles. The van der Waals surface area contributed by atoms with Crippen molar-refractivity contribution < 1.29 is 14.3 Å². The third-order valence-electron chi connectivity index (χ3n) is 2.71. The molecule has 0 amide bonds. The molecule has 3 N–H and O–H groups in total. The van der Waals surface area contributed by atoms with Crippen LogP contribution in [0, 0.1) is 5.92 Å². The van der Waals surface area contributed by atoms with Gasteiger partial charge in [0.1, 0.15) is 17.3 Å². The van der Waals surface area contributed by atoms with Crippen molar-refractivity contribution in [3.05, 3.63) is 48.4 Å². The molecular weight excluding hydrogens is 230 g/mol. The number of rotatable bonds is 6. The molecule has 0 aliphatic carbocycles. The Labute approximate surface area is 106 Å². The number of benzene rings is 1. The smallest absolute Gasteiger partial charge is 0.122 e. The molecule has 1 unspecified atom stereocenters. The third kappa shape index (κ3) is 3.53. The fraction of sp³-hybridized carbons (Fsp3) is 0.286. The van der Waals surface area contributed by atoms with Gasteiger partial charge in [0, 0.05) is 18.4 Å². The molecular formula is C14H17NO3. The number of furan rings is 1. The van der Waals surface area contributed by atoms with Crippen molar-refractivity contribution in [3.8, 4) is 11.5 Å². The van der Waals surface area contributed by atoms with E-state index in [9.17, 15) is 5.11 Å². The van der Waals surface area contributed by atoms with E-state index in [0.717, 1.165) is 12.2 Å². The van der Waals surface area contributed by atoms with Gasteiger partial charge in [-0.1, -0.05) is 6.07 Å². The molecule has 1 aromatic carbocycles. The Morgan fingerprint density at radius 2 is 2.17 bits per heavy atom. The minimum absolute atomic E-state index is 0.193. The average molecular weight is 247 g/mol. The number of phenolic OH excluding ortho intramolecular Hbond substituents is 1. The molecule has 0 saturated heterocycles. The minimum atomic E-state index is 0.193. The first-order chi connectivity index (χ1) is 8.78. The van der Waals surface area contributed by atoms with Crippen LogP contribution in [0.15, 0.2) is 47.1 Å². The average Bonchev–Trinajstić information content (AvgIpc) is 2.87. The lowest BCUT2D eigenvalue weighted by molar-refractivity contribution is 0.244. The summed E-state index contributed by atoms with van der Waals surface area (Å²) < 4.78 is 10.9. The van der Waals surface area contributed by atoms with Gasteiger partial charge < -0.3 is 20.0 Å². The van der Waals surface area contributed by atoms with Crippen molar-refractivity contribution in [1.82, 2.24) is 0 Å². The number of phenols is 1. The Morgan fingerprint density at radius 1 is 1.28 bits per heavy atom. The summed E-state index contributed by atoms with van der Waals surface area (Å²) >= 11 is 0. The van der Waals surface area contributed by atoms with Crippen LogP contribution < -0.4 is 10.5 Å². The number of aromatic hydroxyl groups is 1. The van der Waals surface area contributed by atoms with E-state index >= 15 is 0 Å². The molecule has 2 rings (SSSR count). The zero-order valence-electron chi connectivity index (χ0n) is 10.1. The van der Waals surface area contributed by atoms with Gasteiger partial charge in [0.05, 0.1) is 12.9 Å². The zero-order valence-corrected chi connectivity index (χ0v) is 10.1. The summed E-state index contributed by atoms with van der Waals surface area (Å²) in [7, 11) is 0. The number of nitrogens with two attached hydrogens (primary N) is 1. The molecule has 0 aliphatic heterocycles. The fourth-order valence-electron chi connectivity index (χ4n) is 1.71. The van der Waals surface area contributed by atoms with Crippen LogP contribution >= 0.6 is 0 Å². The standard InChI is InChI=1S/C14H17NO3/c15-9-11(7-13-5-2-6-17-13)10-18-14-4-1-3-12(16)8-14/h1-6,8,11,16H,7,9-10,15H2. The lowest BCUT2D eigenvalue weighted by Crippen LogP contribution is -2.23. The van der Waals surface area contributed by atoms with Gasteiger partial charge in [-0.2, -0.15) is 0 Å². The van der Waals surface area contributed by atoms with Crippen LogP contribution in [0.4, 0.5) is 0 Å². The first-order valence-electron chi connectivity index (χ1n) is 5.92. The van der Waals surface area contributed by atoms with Gasteiger partial charge in [-0.3, -0.25) is 0 Å². The maximum absolute atomic E-state index is 9.32. The Morgan fingerprint density at radius 3 is 2.83 bits per heavy atom. The molecule has 96 valence electrons. The lowest BCUT2D eigenvalue weighted by Gasteiger charge is -2.14. The molecule has 0 spiro atoms. The molecule has 4 nitrogen and oxygen atoms in total. The molecule has 1 aromatic heterocycles. The van der Waals surface area contributed by atoms with Crippen molar-refractivity contribution in [2.24, 2.45) is 11.7 Å². The lowest BCUT2D eigenvalue weighted by atomic mass is 10.1. The Bertz CT molecular complexity index is 468. The summed E-state index contributed by atoms with van der Waals surface area (Å²) in [4.78, 5) is 0. The van der Waals surface area contributed by atoms with E-state index < -0.39 is 0 Å².